The van der Waals surface area contributed by atoms with Gasteiger partial charge in [0.05, 0.1) is 0 Å². The Balaban J connectivity index is 2.15. The van der Waals surface area contributed by atoms with Crippen LogP contribution in [-0.4, -0.2) is 69.5 Å². The van der Waals surface area contributed by atoms with E-state index >= 15 is 0 Å². The highest BCUT2D eigenvalue weighted by Crippen LogP contribution is 2.14. The molecule has 0 aliphatic heterocycles. The van der Waals surface area contributed by atoms with Crippen molar-refractivity contribution < 1.29 is 38.9 Å². The van der Waals surface area contributed by atoms with Crippen molar-refractivity contribution in [1.29, 1.82) is 0 Å². The number of benzene rings is 2. The van der Waals surface area contributed by atoms with Gasteiger partial charge in [-0.25, -0.2) is 9.59 Å². The van der Waals surface area contributed by atoms with Gasteiger partial charge in [-0.05, 0) is 52.7 Å². The first-order valence-corrected chi connectivity index (χ1v) is 13.1. The molecule has 0 aromatic heterocycles. The van der Waals surface area contributed by atoms with E-state index in [9.17, 15) is 29.4 Å². The van der Waals surface area contributed by atoms with E-state index < -0.39 is 59.2 Å². The summed E-state index contributed by atoms with van der Waals surface area (Å²) in [5, 5.41) is 25.8. The van der Waals surface area contributed by atoms with Crippen LogP contribution in [0.3, 0.4) is 0 Å². The van der Waals surface area contributed by atoms with E-state index in [1.165, 1.54) is 0 Å². The molecule has 2 aromatic carbocycles. The number of esters is 2. The molecule has 0 radical (unpaired) electrons. The lowest BCUT2D eigenvalue weighted by atomic mass is 10.0. The fourth-order valence-electron chi connectivity index (χ4n) is 3.63. The number of carbonyl (C=O) groups is 4. The minimum absolute atomic E-state index is 0.0499. The Kier molecular flexibility index (Phi) is 11.4. The molecule has 10 nitrogen and oxygen atoms in total. The second kappa shape index (κ2) is 14.0. The van der Waals surface area contributed by atoms with E-state index in [0.29, 0.717) is 11.1 Å². The van der Waals surface area contributed by atoms with Crippen molar-refractivity contribution in [2.45, 2.75) is 89.9 Å². The maximum Gasteiger partial charge on any atom is 0.329 e. The van der Waals surface area contributed by atoms with Crippen LogP contribution in [0.1, 0.15) is 52.7 Å². The molecule has 2 amide bonds. The van der Waals surface area contributed by atoms with Crippen molar-refractivity contribution >= 4 is 23.8 Å². The zero-order chi connectivity index (χ0) is 30.1. The van der Waals surface area contributed by atoms with Crippen molar-refractivity contribution in [2.75, 3.05) is 0 Å². The van der Waals surface area contributed by atoms with Crippen LogP contribution in [0.4, 0.5) is 0 Å². The fourth-order valence-corrected chi connectivity index (χ4v) is 3.63. The van der Waals surface area contributed by atoms with Gasteiger partial charge < -0.3 is 30.3 Å². The molecule has 40 heavy (non-hydrogen) atoms. The number of aliphatic hydroxyl groups is 2. The molecule has 4 atom stereocenters. The van der Waals surface area contributed by atoms with Gasteiger partial charge in [-0.15, -0.1) is 0 Å². The van der Waals surface area contributed by atoms with Crippen LogP contribution in [-0.2, 0) is 41.5 Å². The summed E-state index contributed by atoms with van der Waals surface area (Å²) in [6, 6.07) is 15.3. The minimum Gasteiger partial charge on any atom is -0.458 e. The van der Waals surface area contributed by atoms with Crippen LogP contribution in [0, 0.1) is 0 Å². The van der Waals surface area contributed by atoms with Crippen molar-refractivity contribution in [2.24, 2.45) is 0 Å². The van der Waals surface area contributed by atoms with E-state index in [1.54, 1.807) is 102 Å². The lowest BCUT2D eigenvalue weighted by molar-refractivity contribution is -0.162. The number of rotatable bonds is 11. The zero-order valence-corrected chi connectivity index (χ0v) is 23.8. The topological polar surface area (TPSA) is 151 Å². The van der Waals surface area contributed by atoms with E-state index in [4.69, 9.17) is 9.47 Å². The number of ether oxygens (including phenoxy) is 2. The molecule has 2 aromatic rings. The summed E-state index contributed by atoms with van der Waals surface area (Å²) in [5.41, 5.74) is -0.255. The van der Waals surface area contributed by atoms with E-state index in [0.717, 1.165) is 0 Å². The van der Waals surface area contributed by atoms with Gasteiger partial charge in [-0.1, -0.05) is 60.7 Å². The first kappa shape index (κ1) is 32.5. The Morgan fingerprint density at radius 3 is 1.20 bits per heavy atom. The Labute approximate surface area is 235 Å². The number of aliphatic hydroxyl groups excluding tert-OH is 2. The zero-order valence-electron chi connectivity index (χ0n) is 23.8. The summed E-state index contributed by atoms with van der Waals surface area (Å²) in [6.45, 7) is 10.0. The molecule has 2 rings (SSSR count). The van der Waals surface area contributed by atoms with Gasteiger partial charge in [0.25, 0.3) is 11.8 Å². The highest BCUT2D eigenvalue weighted by atomic mass is 16.6. The molecule has 0 heterocycles. The van der Waals surface area contributed by atoms with Crippen molar-refractivity contribution in [3.8, 4) is 0 Å². The fraction of sp³-hybridized carbons (Fsp3) is 0.467. The summed E-state index contributed by atoms with van der Waals surface area (Å²) >= 11 is 0. The maximum atomic E-state index is 12.9. The van der Waals surface area contributed by atoms with Gasteiger partial charge in [0.2, 0.25) is 0 Å². The molecule has 218 valence electrons. The smallest absolute Gasteiger partial charge is 0.329 e. The molecule has 0 aliphatic rings. The highest BCUT2D eigenvalue weighted by Gasteiger charge is 2.36. The molecule has 0 saturated heterocycles. The third kappa shape index (κ3) is 11.2. The number of carbonyl (C=O) groups excluding carboxylic acids is 4. The quantitative estimate of drug-likeness (QED) is 0.306. The standard InChI is InChI=1S/C30H40N2O8/c1-29(2,3)39-27(37)21(17-19-13-9-7-10-14-19)31-25(35)23(33)24(34)26(36)32-22(28(38)40-30(4,5)6)18-20-15-11-8-12-16-20/h7-16,21-24,33-34H,17-18H2,1-6H3,(H,31,35)(H,32,36)/t21-,22+,23-,24-/m0/s1. The van der Waals surface area contributed by atoms with Crippen LogP contribution in [0.2, 0.25) is 0 Å². The van der Waals surface area contributed by atoms with Gasteiger partial charge in [0, 0.05) is 12.8 Å². The number of amides is 2. The maximum absolute atomic E-state index is 12.9. The monoisotopic (exact) mass is 556 g/mol. The molecule has 10 heteroatoms. The van der Waals surface area contributed by atoms with Crippen molar-refractivity contribution in [1.82, 2.24) is 10.6 Å². The molecule has 0 fully saturated rings. The summed E-state index contributed by atoms with van der Waals surface area (Å²) in [4.78, 5) is 51.4. The molecular weight excluding hydrogens is 516 g/mol. The first-order chi connectivity index (χ1) is 18.6. The summed E-state index contributed by atoms with van der Waals surface area (Å²) < 4.78 is 10.8. The average molecular weight is 557 g/mol. The summed E-state index contributed by atoms with van der Waals surface area (Å²) in [5.74, 6) is -3.81. The number of hydrogen-bond donors (Lipinski definition) is 4. The predicted molar refractivity (Wildman–Crippen MR) is 148 cm³/mol. The van der Waals surface area contributed by atoms with Crippen molar-refractivity contribution in [3.63, 3.8) is 0 Å². The van der Waals surface area contributed by atoms with Crippen LogP contribution < -0.4 is 10.6 Å². The second-order valence-corrected chi connectivity index (χ2v) is 11.5. The molecule has 0 aliphatic carbocycles. The summed E-state index contributed by atoms with van der Waals surface area (Å²) in [7, 11) is 0. The SMILES string of the molecule is CC(C)(C)OC(=O)[C@H](Cc1ccccc1)NC(=O)[C@@H](O)[C@H](O)C(=O)N[C@H](Cc1ccccc1)C(=O)OC(C)(C)C. The van der Waals surface area contributed by atoms with Gasteiger partial charge >= 0.3 is 11.9 Å². The third-order valence-corrected chi connectivity index (χ3v) is 5.42. The van der Waals surface area contributed by atoms with Crippen LogP contribution in [0.15, 0.2) is 60.7 Å². The average Bonchev–Trinajstić information content (AvgIpc) is 2.86. The molecule has 4 N–H and O–H groups in total. The van der Waals surface area contributed by atoms with Gasteiger partial charge in [-0.2, -0.15) is 0 Å². The Morgan fingerprint density at radius 2 is 0.925 bits per heavy atom. The summed E-state index contributed by atoms with van der Waals surface area (Å²) in [6.07, 6.45) is -4.38. The number of nitrogens with one attached hydrogen (secondary N) is 2. The van der Waals surface area contributed by atoms with Crippen LogP contribution >= 0.6 is 0 Å². The first-order valence-electron chi connectivity index (χ1n) is 13.1. The second-order valence-electron chi connectivity index (χ2n) is 11.5. The van der Waals surface area contributed by atoms with Gasteiger partial charge in [0.15, 0.2) is 12.2 Å². The lowest BCUT2D eigenvalue weighted by Gasteiger charge is -2.27. The van der Waals surface area contributed by atoms with E-state index in [-0.39, 0.29) is 12.8 Å². The van der Waals surface area contributed by atoms with E-state index in [1.807, 2.05) is 0 Å². The highest BCUT2D eigenvalue weighted by molar-refractivity contribution is 5.94. The molecule has 0 saturated carbocycles. The van der Waals surface area contributed by atoms with Gasteiger partial charge in [-0.3, -0.25) is 9.59 Å². The van der Waals surface area contributed by atoms with Crippen LogP contribution in [0.5, 0.6) is 0 Å². The van der Waals surface area contributed by atoms with Gasteiger partial charge in [0.1, 0.15) is 23.3 Å². The van der Waals surface area contributed by atoms with Crippen molar-refractivity contribution in [3.05, 3.63) is 71.8 Å². The molecule has 0 spiro atoms. The molecule has 0 bridgehead atoms. The predicted octanol–water partition coefficient (Wildman–Crippen LogP) is 1.85. The van der Waals surface area contributed by atoms with Crippen LogP contribution in [0.25, 0.3) is 0 Å². The number of hydrogen-bond acceptors (Lipinski definition) is 8. The molecular formula is C30H40N2O8. The Bertz CT molecular complexity index is 1050. The molecule has 0 unspecified atom stereocenters. The largest absolute Gasteiger partial charge is 0.458 e. The normalized spacial score (nSPS) is 14.7. The lowest BCUT2D eigenvalue weighted by Crippen LogP contribution is -2.56. The Morgan fingerprint density at radius 1 is 0.625 bits per heavy atom. The Hall–Kier alpha value is -3.76. The van der Waals surface area contributed by atoms with E-state index in [2.05, 4.69) is 10.6 Å². The minimum atomic E-state index is -2.24. The third-order valence-electron chi connectivity index (χ3n) is 5.42.